The van der Waals surface area contributed by atoms with E-state index in [1.165, 1.54) is 0 Å². The molecule has 1 aromatic carbocycles. The van der Waals surface area contributed by atoms with Crippen molar-refractivity contribution < 1.29 is 53.1 Å². The van der Waals surface area contributed by atoms with Crippen LogP contribution < -0.4 is 5.32 Å². The van der Waals surface area contributed by atoms with Crippen molar-refractivity contribution in [3.05, 3.63) is 40.9 Å². The molecule has 1 N–H and O–H groups in total. The standard InChI is InChI=1S/C11H2F11NO/c12-4-5(13)7(15)9(8(16)6(4)14)23-2(10(17,18)19)1-3(24)11(20,21)22/h1,23H/b2-1+. The fourth-order valence-corrected chi connectivity index (χ4v) is 1.25. The Hall–Kier alpha value is -2.34. The Morgan fingerprint density at radius 2 is 1.08 bits per heavy atom. The van der Waals surface area contributed by atoms with Gasteiger partial charge in [0.25, 0.3) is 5.78 Å². The molecule has 0 atom stereocenters. The molecule has 0 radical (unpaired) electrons. The first kappa shape index (κ1) is 19.7. The molecule has 0 spiro atoms. The Morgan fingerprint density at radius 3 is 1.42 bits per heavy atom. The maximum atomic E-state index is 13.2. The van der Waals surface area contributed by atoms with Gasteiger partial charge in [-0.1, -0.05) is 0 Å². The first-order valence-electron chi connectivity index (χ1n) is 5.36. The van der Waals surface area contributed by atoms with E-state index < -0.39 is 64.7 Å². The molecule has 0 aromatic heterocycles. The zero-order chi connectivity index (χ0) is 19.0. The van der Waals surface area contributed by atoms with Crippen molar-refractivity contribution in [2.24, 2.45) is 0 Å². The minimum atomic E-state index is -5.80. The lowest BCUT2D eigenvalue weighted by molar-refractivity contribution is -0.165. The lowest BCUT2D eigenvalue weighted by atomic mass is 10.2. The van der Waals surface area contributed by atoms with Crippen LogP contribution in [0.3, 0.4) is 0 Å². The van der Waals surface area contributed by atoms with E-state index in [0.717, 1.165) is 0 Å². The van der Waals surface area contributed by atoms with E-state index in [0.29, 0.717) is 5.32 Å². The van der Waals surface area contributed by atoms with Crippen molar-refractivity contribution in [1.29, 1.82) is 0 Å². The molecule has 1 rings (SSSR count). The number of alkyl halides is 6. The van der Waals surface area contributed by atoms with Gasteiger partial charge in [0.1, 0.15) is 11.4 Å². The molecule has 0 amide bonds. The number of benzene rings is 1. The fourth-order valence-electron chi connectivity index (χ4n) is 1.25. The smallest absolute Gasteiger partial charge is 0.346 e. The summed E-state index contributed by atoms with van der Waals surface area (Å²) in [6, 6.07) is 0. The number of rotatable bonds is 3. The van der Waals surface area contributed by atoms with Gasteiger partial charge < -0.3 is 5.32 Å². The van der Waals surface area contributed by atoms with E-state index in [1.807, 2.05) is 0 Å². The molecule has 0 aliphatic carbocycles. The third-order valence-corrected chi connectivity index (χ3v) is 2.33. The highest BCUT2D eigenvalue weighted by Gasteiger charge is 2.42. The molecule has 0 fully saturated rings. The molecule has 0 heterocycles. The first-order valence-corrected chi connectivity index (χ1v) is 5.36. The fraction of sp³-hybridized carbons (Fsp3) is 0.182. The molecule has 0 aliphatic rings. The number of nitrogens with one attached hydrogen (secondary N) is 1. The van der Waals surface area contributed by atoms with Crippen molar-refractivity contribution >= 4 is 11.5 Å². The monoisotopic (exact) mass is 373 g/mol. The Labute approximate surface area is 124 Å². The van der Waals surface area contributed by atoms with E-state index >= 15 is 0 Å². The van der Waals surface area contributed by atoms with Crippen LogP contribution in [0.1, 0.15) is 0 Å². The van der Waals surface area contributed by atoms with Gasteiger partial charge in [-0.2, -0.15) is 26.3 Å². The number of allylic oxidation sites excluding steroid dienone is 2. The number of hydrogen-bond acceptors (Lipinski definition) is 2. The Morgan fingerprint density at radius 1 is 0.708 bits per heavy atom. The number of hydrogen-bond donors (Lipinski definition) is 1. The second-order valence-corrected chi connectivity index (χ2v) is 3.99. The van der Waals surface area contributed by atoms with E-state index in [4.69, 9.17) is 0 Å². The van der Waals surface area contributed by atoms with Crippen molar-refractivity contribution in [1.82, 2.24) is 0 Å². The molecular weight excluding hydrogens is 371 g/mol. The van der Waals surface area contributed by atoms with Crippen LogP contribution in [0.25, 0.3) is 0 Å². The SMILES string of the molecule is O=C(/C=C(/Nc1c(F)c(F)c(F)c(F)c1F)C(F)(F)F)C(F)(F)F. The molecule has 0 bridgehead atoms. The third kappa shape index (κ3) is 3.94. The molecule has 24 heavy (non-hydrogen) atoms. The zero-order valence-electron chi connectivity index (χ0n) is 10.6. The molecule has 0 aliphatic heterocycles. The summed E-state index contributed by atoms with van der Waals surface area (Å²) in [7, 11) is 0. The zero-order valence-corrected chi connectivity index (χ0v) is 10.6. The van der Waals surface area contributed by atoms with Crippen molar-refractivity contribution in [2.75, 3.05) is 5.32 Å². The van der Waals surface area contributed by atoms with Gasteiger partial charge in [-0.3, -0.25) is 4.79 Å². The highest BCUT2D eigenvalue weighted by atomic mass is 19.4. The second kappa shape index (κ2) is 6.28. The average molecular weight is 373 g/mol. The minimum absolute atomic E-state index is 0.586. The van der Waals surface area contributed by atoms with Crippen LogP contribution in [0.2, 0.25) is 0 Å². The van der Waals surface area contributed by atoms with Crippen LogP contribution in [0, 0.1) is 29.1 Å². The number of carbonyl (C=O) groups is 1. The number of anilines is 1. The summed E-state index contributed by atoms with van der Waals surface area (Å²) >= 11 is 0. The number of carbonyl (C=O) groups excluding carboxylic acids is 1. The predicted octanol–water partition coefficient (Wildman–Crippen LogP) is 4.37. The van der Waals surface area contributed by atoms with Crippen LogP contribution in [-0.2, 0) is 4.79 Å². The topological polar surface area (TPSA) is 29.1 Å². The highest BCUT2D eigenvalue weighted by molar-refractivity contribution is 5.95. The van der Waals surface area contributed by atoms with Crippen LogP contribution in [0.5, 0.6) is 0 Å². The quantitative estimate of drug-likeness (QED) is 0.369. The summed E-state index contributed by atoms with van der Waals surface area (Å²) < 4.78 is 138. The predicted molar refractivity (Wildman–Crippen MR) is 55.1 cm³/mol. The summed E-state index contributed by atoms with van der Waals surface area (Å²) in [5.41, 5.74) is -4.96. The maximum absolute atomic E-state index is 13.2. The number of halogens is 11. The van der Waals surface area contributed by atoms with E-state index in [1.54, 1.807) is 0 Å². The van der Waals surface area contributed by atoms with Crippen molar-refractivity contribution in [3.63, 3.8) is 0 Å². The van der Waals surface area contributed by atoms with Crippen LogP contribution >= 0.6 is 0 Å². The summed E-state index contributed by atoms with van der Waals surface area (Å²) in [6.45, 7) is 0. The molecule has 2 nitrogen and oxygen atoms in total. The Bertz CT molecular complexity index is 672. The van der Waals surface area contributed by atoms with Gasteiger partial charge in [-0.25, -0.2) is 22.0 Å². The van der Waals surface area contributed by atoms with E-state index in [9.17, 15) is 53.1 Å². The van der Waals surface area contributed by atoms with Crippen molar-refractivity contribution in [2.45, 2.75) is 12.4 Å². The second-order valence-electron chi connectivity index (χ2n) is 3.99. The van der Waals surface area contributed by atoms with Gasteiger partial charge >= 0.3 is 12.4 Å². The molecule has 134 valence electrons. The normalized spacial score (nSPS) is 13.2. The summed E-state index contributed by atoms with van der Waals surface area (Å²) in [5, 5.41) is 0.586. The largest absolute Gasteiger partial charge is 0.454 e. The summed E-state index contributed by atoms with van der Waals surface area (Å²) in [4.78, 5) is 10.5. The van der Waals surface area contributed by atoms with E-state index in [2.05, 4.69) is 0 Å². The van der Waals surface area contributed by atoms with Gasteiger partial charge in [0.2, 0.25) is 5.82 Å². The summed E-state index contributed by atoms with van der Waals surface area (Å²) in [6.07, 6.45) is -12.7. The van der Waals surface area contributed by atoms with Crippen LogP contribution in [-0.4, -0.2) is 18.1 Å². The van der Waals surface area contributed by atoms with Crippen molar-refractivity contribution in [3.8, 4) is 0 Å². The third-order valence-electron chi connectivity index (χ3n) is 2.33. The van der Waals surface area contributed by atoms with Crippen LogP contribution in [0.4, 0.5) is 54.0 Å². The van der Waals surface area contributed by atoms with Gasteiger partial charge in [-0.15, -0.1) is 0 Å². The first-order chi connectivity index (χ1) is 10.7. The molecule has 13 heteroatoms. The highest BCUT2D eigenvalue weighted by Crippen LogP contribution is 2.33. The molecule has 0 unspecified atom stereocenters. The molecular formula is C11H2F11NO. The van der Waals surface area contributed by atoms with Gasteiger partial charge in [0, 0.05) is 6.08 Å². The molecule has 1 aromatic rings. The Balaban J connectivity index is 3.48. The molecule has 0 saturated carbocycles. The van der Waals surface area contributed by atoms with Crippen LogP contribution in [0.15, 0.2) is 11.8 Å². The van der Waals surface area contributed by atoms with Gasteiger partial charge in [0.05, 0.1) is 0 Å². The van der Waals surface area contributed by atoms with Gasteiger partial charge in [0.15, 0.2) is 23.3 Å². The van der Waals surface area contributed by atoms with Gasteiger partial charge in [-0.05, 0) is 0 Å². The lowest BCUT2D eigenvalue weighted by Gasteiger charge is -2.16. The molecule has 0 saturated heterocycles. The minimum Gasteiger partial charge on any atom is -0.346 e. The Kier molecular flexibility index (Phi) is 5.16. The average Bonchev–Trinajstić information content (AvgIpc) is 2.44. The summed E-state index contributed by atoms with van der Waals surface area (Å²) in [5.74, 6) is -16.6. The lowest BCUT2D eigenvalue weighted by Crippen LogP contribution is -2.27. The van der Waals surface area contributed by atoms with E-state index in [-0.39, 0.29) is 0 Å². The number of ketones is 1. The maximum Gasteiger partial charge on any atom is 0.454 e.